The molecule has 0 spiro atoms. The Morgan fingerprint density at radius 3 is 1.53 bits per heavy atom. The molecule has 3 heteroatoms. The second kappa shape index (κ2) is 11.9. The van der Waals surface area contributed by atoms with Crippen molar-refractivity contribution in [2.45, 2.75) is 0 Å². The van der Waals surface area contributed by atoms with Gasteiger partial charge < -0.3 is 9.55 Å². The smallest absolute Gasteiger partial charge is 0.179 e. The summed E-state index contributed by atoms with van der Waals surface area (Å²) in [7, 11) is -2.68. The van der Waals surface area contributed by atoms with Crippen LogP contribution in [0.4, 0.5) is 0 Å². The average Bonchev–Trinajstić information content (AvgIpc) is 3.75. The highest BCUT2D eigenvalue weighted by Crippen LogP contribution is 2.36. The Kier molecular flexibility index (Phi) is 6.86. The number of aromatic amines is 1. The fourth-order valence-electron chi connectivity index (χ4n) is 8.40. The highest BCUT2D eigenvalue weighted by atomic mass is 28.3. The van der Waals surface area contributed by atoms with Crippen LogP contribution in [0.15, 0.2) is 200 Å². The number of H-pyrrole nitrogens is 1. The molecule has 0 radical (unpaired) electrons. The molecule has 1 N–H and O–H groups in total. The van der Waals surface area contributed by atoms with Gasteiger partial charge in [-0.25, -0.2) is 0 Å². The van der Waals surface area contributed by atoms with Gasteiger partial charge >= 0.3 is 0 Å². The molecule has 10 aromatic rings. The van der Waals surface area contributed by atoms with Crippen molar-refractivity contribution in [1.82, 2.24) is 9.55 Å². The van der Waals surface area contributed by atoms with Crippen molar-refractivity contribution in [3.63, 3.8) is 0 Å². The van der Waals surface area contributed by atoms with Crippen molar-refractivity contribution < 1.29 is 0 Å². The van der Waals surface area contributed by atoms with Gasteiger partial charge in [0.05, 0.1) is 11.0 Å². The van der Waals surface area contributed by atoms with E-state index in [-0.39, 0.29) is 0 Å². The van der Waals surface area contributed by atoms with Crippen LogP contribution in [0.1, 0.15) is 0 Å². The van der Waals surface area contributed by atoms with Gasteiger partial charge in [-0.05, 0) is 80.4 Å². The molecule has 0 fully saturated rings. The zero-order chi connectivity index (χ0) is 33.8. The molecule has 51 heavy (non-hydrogen) atoms. The van der Waals surface area contributed by atoms with E-state index in [0.717, 1.165) is 0 Å². The van der Waals surface area contributed by atoms with E-state index in [1.54, 1.807) is 0 Å². The lowest BCUT2D eigenvalue weighted by Gasteiger charge is -2.34. The molecule has 2 aromatic heterocycles. The molecule has 0 aliphatic carbocycles. The van der Waals surface area contributed by atoms with Gasteiger partial charge in [0, 0.05) is 38.3 Å². The van der Waals surface area contributed by atoms with Gasteiger partial charge in [-0.2, -0.15) is 0 Å². The van der Waals surface area contributed by atoms with Crippen LogP contribution in [0, 0.1) is 0 Å². The maximum Gasteiger partial charge on any atom is 0.179 e. The second-order valence-electron chi connectivity index (χ2n) is 13.4. The van der Waals surface area contributed by atoms with Crippen LogP contribution in [-0.4, -0.2) is 17.6 Å². The lowest BCUT2D eigenvalue weighted by molar-refractivity contribution is 1.18. The fraction of sp³-hybridized carbons (Fsp3) is 0. The number of aromatic nitrogens is 2. The van der Waals surface area contributed by atoms with Crippen molar-refractivity contribution in [3.05, 3.63) is 200 Å². The van der Waals surface area contributed by atoms with Crippen LogP contribution in [0.25, 0.3) is 60.4 Å². The first-order valence-corrected chi connectivity index (χ1v) is 19.6. The summed E-state index contributed by atoms with van der Waals surface area (Å²) in [6.45, 7) is 0. The minimum atomic E-state index is -2.68. The van der Waals surface area contributed by atoms with Gasteiger partial charge in [0.2, 0.25) is 0 Å². The lowest BCUT2D eigenvalue weighted by Crippen LogP contribution is -2.74. The lowest BCUT2D eigenvalue weighted by atomic mass is 10.0. The van der Waals surface area contributed by atoms with Crippen LogP contribution in [0.5, 0.6) is 0 Å². The van der Waals surface area contributed by atoms with E-state index in [0.29, 0.717) is 0 Å². The van der Waals surface area contributed by atoms with E-state index in [1.807, 2.05) is 0 Å². The third kappa shape index (κ3) is 4.63. The third-order valence-corrected chi connectivity index (χ3v) is 15.4. The Labute approximate surface area is 297 Å². The number of nitrogens with one attached hydrogen (secondary N) is 1. The number of fused-ring (bicyclic) bond motifs is 6. The topological polar surface area (TPSA) is 20.7 Å². The summed E-state index contributed by atoms with van der Waals surface area (Å²) < 4.78 is 2.46. The van der Waals surface area contributed by atoms with Crippen LogP contribution in [-0.2, 0) is 0 Å². The molecule has 0 unspecified atom stereocenters. The van der Waals surface area contributed by atoms with Crippen molar-refractivity contribution in [2.24, 2.45) is 0 Å². The molecule has 240 valence electrons. The molecule has 0 aliphatic rings. The van der Waals surface area contributed by atoms with E-state index in [2.05, 4.69) is 210 Å². The quantitative estimate of drug-likeness (QED) is 0.135. The number of hydrogen-bond donors (Lipinski definition) is 1. The van der Waals surface area contributed by atoms with E-state index < -0.39 is 8.07 Å². The van der Waals surface area contributed by atoms with Gasteiger partial charge in [0.25, 0.3) is 0 Å². The van der Waals surface area contributed by atoms with Crippen LogP contribution >= 0.6 is 0 Å². The molecule has 2 heterocycles. The summed E-state index contributed by atoms with van der Waals surface area (Å²) in [4.78, 5) is 3.58. The molecule has 0 atom stereocenters. The molecular formula is C48H34N2Si. The third-order valence-electron chi connectivity index (χ3n) is 10.7. The molecule has 8 aromatic carbocycles. The van der Waals surface area contributed by atoms with Gasteiger partial charge in [0.15, 0.2) is 8.07 Å². The Hall–Kier alpha value is -6.42. The molecule has 10 rings (SSSR count). The van der Waals surface area contributed by atoms with Gasteiger partial charge in [0.1, 0.15) is 0 Å². The van der Waals surface area contributed by atoms with E-state index >= 15 is 0 Å². The normalized spacial score (nSPS) is 11.9. The predicted octanol–water partition coefficient (Wildman–Crippen LogP) is 9.46. The first kappa shape index (κ1) is 29.5. The van der Waals surface area contributed by atoms with E-state index in [9.17, 15) is 0 Å². The molecular weight excluding hydrogens is 633 g/mol. The standard InChI is InChI=1S/C48H34N2Si/c1-4-16-37(17-5-1)51(38-18-6-2-7-19-38,39-20-8-3-9-21-39)40-22-14-15-36(33-40)50-47-26-13-11-24-42(47)44-32-35(28-30-48(44)50)34-27-29-46-43(31-34)41-23-10-12-25-45(41)49-46/h1-33,49H. The zero-order valence-corrected chi connectivity index (χ0v) is 29.0. The van der Waals surface area contributed by atoms with E-state index in [1.165, 1.54) is 81.2 Å². The minimum Gasteiger partial charge on any atom is -0.355 e. The Balaban J connectivity index is 1.19. The average molecular weight is 667 g/mol. The van der Waals surface area contributed by atoms with Crippen LogP contribution < -0.4 is 20.7 Å². The Morgan fingerprint density at radius 1 is 0.333 bits per heavy atom. The summed E-state index contributed by atoms with van der Waals surface area (Å²) in [6, 6.07) is 74.0. The maximum atomic E-state index is 3.58. The summed E-state index contributed by atoms with van der Waals surface area (Å²) >= 11 is 0. The first-order chi connectivity index (χ1) is 25.3. The number of nitrogens with zero attached hydrogens (tertiary/aromatic N) is 1. The van der Waals surface area contributed by atoms with Crippen molar-refractivity contribution in [2.75, 3.05) is 0 Å². The fourth-order valence-corrected chi connectivity index (χ4v) is 13.2. The summed E-state index contributed by atoms with van der Waals surface area (Å²) in [6.07, 6.45) is 0. The van der Waals surface area contributed by atoms with E-state index in [4.69, 9.17) is 0 Å². The molecule has 0 bridgehead atoms. The molecule has 2 nitrogen and oxygen atoms in total. The predicted molar refractivity (Wildman–Crippen MR) is 219 cm³/mol. The van der Waals surface area contributed by atoms with Crippen LogP contribution in [0.3, 0.4) is 0 Å². The molecule has 0 amide bonds. The number of benzene rings is 8. The largest absolute Gasteiger partial charge is 0.355 e. The number of para-hydroxylation sites is 2. The Bertz CT molecular complexity index is 2750. The number of hydrogen-bond acceptors (Lipinski definition) is 0. The highest BCUT2D eigenvalue weighted by Gasteiger charge is 2.41. The zero-order valence-electron chi connectivity index (χ0n) is 28.0. The monoisotopic (exact) mass is 666 g/mol. The van der Waals surface area contributed by atoms with Gasteiger partial charge in [-0.15, -0.1) is 0 Å². The summed E-state index contributed by atoms with van der Waals surface area (Å²) in [5, 5.41) is 10.5. The molecule has 0 saturated heterocycles. The van der Waals surface area contributed by atoms with Crippen molar-refractivity contribution >= 4 is 72.4 Å². The first-order valence-electron chi connectivity index (χ1n) is 17.6. The van der Waals surface area contributed by atoms with Crippen molar-refractivity contribution in [3.8, 4) is 16.8 Å². The summed E-state index contributed by atoms with van der Waals surface area (Å²) in [5.74, 6) is 0. The minimum absolute atomic E-state index is 1.17. The SMILES string of the molecule is c1ccc([Si](c2ccccc2)(c2ccccc2)c2cccc(-n3c4ccccc4c4cc(-c5ccc6[nH]c7ccccc7c6c5)ccc43)c2)cc1. The summed E-state index contributed by atoms with van der Waals surface area (Å²) in [5.41, 5.74) is 8.36. The Morgan fingerprint density at radius 2 is 0.843 bits per heavy atom. The van der Waals surface area contributed by atoms with Crippen LogP contribution in [0.2, 0.25) is 0 Å². The van der Waals surface area contributed by atoms with Gasteiger partial charge in [-0.3, -0.25) is 0 Å². The number of rotatable bonds is 6. The van der Waals surface area contributed by atoms with Crippen molar-refractivity contribution in [1.29, 1.82) is 0 Å². The molecule has 0 aliphatic heterocycles. The van der Waals surface area contributed by atoms with Gasteiger partial charge in [-0.1, -0.05) is 152 Å². The molecule has 0 saturated carbocycles. The maximum absolute atomic E-state index is 3.58. The second-order valence-corrected chi connectivity index (χ2v) is 17.2. The highest BCUT2D eigenvalue weighted by molar-refractivity contribution is 7.19.